The maximum atomic E-state index is 13.2. The predicted molar refractivity (Wildman–Crippen MR) is 112 cm³/mol. The number of aromatic nitrogens is 2. The second-order valence-electron chi connectivity index (χ2n) is 9.79. The molecule has 1 aromatic heterocycles. The van der Waals surface area contributed by atoms with Crippen molar-refractivity contribution in [2.24, 2.45) is 16.7 Å². The maximum Gasteiger partial charge on any atom is 0.402 e. The molecule has 6 nitrogen and oxygen atoms in total. The van der Waals surface area contributed by atoms with Crippen molar-refractivity contribution < 1.29 is 27.2 Å². The minimum Gasteiger partial charge on any atom is -0.341 e. The lowest BCUT2D eigenvalue weighted by Crippen LogP contribution is -2.65. The van der Waals surface area contributed by atoms with E-state index in [1.165, 1.54) is 23.2 Å². The van der Waals surface area contributed by atoms with E-state index >= 15 is 0 Å². The van der Waals surface area contributed by atoms with Crippen molar-refractivity contribution in [1.29, 1.82) is 0 Å². The van der Waals surface area contributed by atoms with Crippen molar-refractivity contribution >= 4 is 11.8 Å². The van der Waals surface area contributed by atoms with Crippen LogP contribution in [0.2, 0.25) is 0 Å². The van der Waals surface area contributed by atoms with Crippen LogP contribution in [0.5, 0.6) is 0 Å². The maximum absolute atomic E-state index is 13.2. The molecule has 178 valence electrons. The molecule has 1 atom stereocenters. The number of halogens is 4. The largest absolute Gasteiger partial charge is 0.402 e. The first-order chi connectivity index (χ1) is 15.3. The summed E-state index contributed by atoms with van der Waals surface area (Å²) in [6.07, 6.45) is -1.52. The van der Waals surface area contributed by atoms with E-state index in [-0.39, 0.29) is 30.7 Å². The zero-order valence-electron chi connectivity index (χ0n) is 18.7. The van der Waals surface area contributed by atoms with E-state index in [1.54, 1.807) is 27.9 Å². The molecule has 3 heterocycles. The second-order valence-corrected chi connectivity index (χ2v) is 9.79. The number of amides is 2. The van der Waals surface area contributed by atoms with Crippen LogP contribution in [0.3, 0.4) is 0 Å². The number of nitrogens with zero attached hydrogens (tertiary/aromatic N) is 4. The molecule has 10 heteroatoms. The Labute approximate surface area is 189 Å². The highest BCUT2D eigenvalue weighted by Gasteiger charge is 2.60. The first-order valence-corrected chi connectivity index (χ1v) is 10.7. The van der Waals surface area contributed by atoms with E-state index in [0.717, 1.165) is 19.4 Å². The van der Waals surface area contributed by atoms with Crippen molar-refractivity contribution in [3.05, 3.63) is 53.6 Å². The number of alkyl halides is 3. The Morgan fingerprint density at radius 2 is 1.70 bits per heavy atom. The van der Waals surface area contributed by atoms with E-state index in [9.17, 15) is 27.2 Å². The van der Waals surface area contributed by atoms with Crippen molar-refractivity contribution in [2.75, 3.05) is 26.2 Å². The highest BCUT2D eigenvalue weighted by atomic mass is 19.4. The summed E-state index contributed by atoms with van der Waals surface area (Å²) in [6, 6.07) is 6.01. The Balaban J connectivity index is 1.38. The van der Waals surface area contributed by atoms with Crippen molar-refractivity contribution in [3.8, 4) is 0 Å². The lowest BCUT2D eigenvalue weighted by molar-refractivity contribution is -0.223. The third-order valence-corrected chi connectivity index (χ3v) is 7.01. The van der Waals surface area contributed by atoms with Gasteiger partial charge in [0, 0.05) is 37.8 Å². The summed E-state index contributed by atoms with van der Waals surface area (Å²) >= 11 is 0. The number of carbonyl (C=O) groups excluding carboxylic acids is 2. The van der Waals surface area contributed by atoms with E-state index in [2.05, 4.69) is 5.10 Å². The van der Waals surface area contributed by atoms with Gasteiger partial charge in [-0.15, -0.1) is 0 Å². The average molecular weight is 466 g/mol. The van der Waals surface area contributed by atoms with E-state index in [1.807, 2.05) is 6.92 Å². The highest BCUT2D eigenvalue weighted by molar-refractivity contribution is 5.94. The van der Waals surface area contributed by atoms with Gasteiger partial charge in [0.05, 0.1) is 18.3 Å². The van der Waals surface area contributed by atoms with Crippen LogP contribution < -0.4 is 0 Å². The Kier molecular flexibility index (Phi) is 5.53. The lowest BCUT2D eigenvalue weighted by Gasteiger charge is -2.52. The molecule has 2 fully saturated rings. The van der Waals surface area contributed by atoms with Crippen LogP contribution >= 0.6 is 0 Å². The Morgan fingerprint density at radius 1 is 1.09 bits per heavy atom. The smallest absolute Gasteiger partial charge is 0.341 e. The summed E-state index contributed by atoms with van der Waals surface area (Å²) in [5, 5.41) is 4.22. The van der Waals surface area contributed by atoms with Crippen molar-refractivity contribution in [1.82, 2.24) is 19.6 Å². The van der Waals surface area contributed by atoms with Crippen molar-refractivity contribution in [3.63, 3.8) is 0 Å². The molecule has 2 saturated heterocycles. The van der Waals surface area contributed by atoms with Crippen LogP contribution in [0.1, 0.15) is 36.7 Å². The molecule has 1 spiro atoms. The molecule has 2 aromatic rings. The molecule has 2 aliphatic rings. The minimum absolute atomic E-state index is 0.0498. The normalized spacial score (nSPS) is 20.3. The van der Waals surface area contributed by atoms with Gasteiger partial charge in [-0.2, -0.15) is 18.3 Å². The quantitative estimate of drug-likeness (QED) is 0.648. The fourth-order valence-electron chi connectivity index (χ4n) is 4.59. The zero-order valence-corrected chi connectivity index (χ0v) is 18.7. The van der Waals surface area contributed by atoms with Gasteiger partial charge in [0.1, 0.15) is 11.2 Å². The van der Waals surface area contributed by atoms with Gasteiger partial charge in [-0.05, 0) is 37.5 Å². The summed E-state index contributed by atoms with van der Waals surface area (Å²) in [7, 11) is 0. The number of likely N-dealkylation sites (tertiary alicyclic amines) is 2. The topological polar surface area (TPSA) is 58.4 Å². The number of hydrogen-bond donors (Lipinski definition) is 0. The molecular formula is C23H26F4N4O2. The fraction of sp³-hybridized carbons (Fsp3) is 0.522. The van der Waals surface area contributed by atoms with E-state index in [0.29, 0.717) is 25.2 Å². The summed E-state index contributed by atoms with van der Waals surface area (Å²) in [5.41, 5.74) is -1.58. The Morgan fingerprint density at radius 3 is 2.30 bits per heavy atom. The van der Waals surface area contributed by atoms with Crippen LogP contribution in [0.15, 0.2) is 36.7 Å². The molecule has 33 heavy (non-hydrogen) atoms. The lowest BCUT2D eigenvalue weighted by atomic mass is 9.71. The van der Waals surface area contributed by atoms with Gasteiger partial charge in [-0.25, -0.2) is 4.39 Å². The fourth-order valence-corrected chi connectivity index (χ4v) is 4.59. The molecule has 1 aromatic carbocycles. The van der Waals surface area contributed by atoms with E-state index < -0.39 is 22.9 Å². The van der Waals surface area contributed by atoms with Gasteiger partial charge in [0.2, 0.25) is 5.91 Å². The first kappa shape index (κ1) is 23.3. The van der Waals surface area contributed by atoms with Crippen LogP contribution in [0.25, 0.3) is 0 Å². The zero-order chi connectivity index (χ0) is 24.2. The van der Waals surface area contributed by atoms with Gasteiger partial charge in [0.25, 0.3) is 5.91 Å². The molecule has 2 aliphatic heterocycles. The van der Waals surface area contributed by atoms with Gasteiger partial charge < -0.3 is 9.80 Å². The van der Waals surface area contributed by atoms with E-state index in [4.69, 9.17) is 0 Å². The Bertz CT molecular complexity index is 1060. The van der Waals surface area contributed by atoms with Crippen LogP contribution in [0.4, 0.5) is 17.6 Å². The SMILES string of the molecule is C[C@@H]1CN(C(=O)c2cnn(Cc3ccc(F)cc3)c2)CC12CN(C(=O)C(C)(C)C(F)(F)F)C2. The molecule has 0 bridgehead atoms. The molecule has 0 N–H and O–H groups in total. The molecule has 4 rings (SSSR count). The summed E-state index contributed by atoms with van der Waals surface area (Å²) < 4.78 is 54.4. The number of hydrogen-bond acceptors (Lipinski definition) is 3. The molecule has 2 amide bonds. The second kappa shape index (κ2) is 7.85. The number of carbonyl (C=O) groups is 2. The molecule has 0 radical (unpaired) electrons. The summed E-state index contributed by atoms with van der Waals surface area (Å²) in [4.78, 5) is 28.4. The third kappa shape index (κ3) is 4.11. The monoisotopic (exact) mass is 466 g/mol. The molecule has 0 saturated carbocycles. The highest BCUT2D eigenvalue weighted by Crippen LogP contribution is 2.47. The molecular weight excluding hydrogens is 440 g/mol. The average Bonchev–Trinajstić information content (AvgIpc) is 3.31. The third-order valence-electron chi connectivity index (χ3n) is 7.01. The van der Waals surface area contributed by atoms with Crippen LogP contribution in [-0.4, -0.2) is 63.7 Å². The summed E-state index contributed by atoms with van der Waals surface area (Å²) in [5.74, 6) is -1.41. The van der Waals surface area contributed by atoms with Gasteiger partial charge in [-0.3, -0.25) is 14.3 Å². The van der Waals surface area contributed by atoms with Gasteiger partial charge in [0.15, 0.2) is 0 Å². The Hall–Kier alpha value is -2.91. The number of rotatable bonds is 4. The van der Waals surface area contributed by atoms with Crippen LogP contribution in [0, 0.1) is 22.6 Å². The standard InChI is InChI=1S/C23H26F4N4O2/c1-15-9-29(12-22(15)13-30(14-22)20(33)21(2,3)23(25,26)27)19(32)17-8-28-31(11-17)10-16-4-6-18(24)7-5-16/h4-8,11,15H,9-10,12-14H2,1-3H3/t15-/m1/s1. The first-order valence-electron chi connectivity index (χ1n) is 10.7. The molecule has 0 unspecified atom stereocenters. The minimum atomic E-state index is -4.62. The predicted octanol–water partition coefficient (Wildman–Crippen LogP) is 3.58. The molecule has 0 aliphatic carbocycles. The van der Waals surface area contributed by atoms with Crippen LogP contribution in [-0.2, 0) is 11.3 Å². The summed E-state index contributed by atoms with van der Waals surface area (Å²) in [6.45, 7) is 5.41. The number of benzene rings is 1. The van der Waals surface area contributed by atoms with Gasteiger partial charge >= 0.3 is 6.18 Å². The van der Waals surface area contributed by atoms with Crippen molar-refractivity contribution in [2.45, 2.75) is 33.5 Å². The van der Waals surface area contributed by atoms with Gasteiger partial charge in [-0.1, -0.05) is 19.1 Å².